The predicted molar refractivity (Wildman–Crippen MR) is 59.4 cm³/mol. The Morgan fingerprint density at radius 1 is 1.21 bits per heavy atom. The summed E-state index contributed by atoms with van der Waals surface area (Å²) in [5.41, 5.74) is 2.09. The van der Waals surface area contributed by atoms with Crippen LogP contribution < -0.4 is 0 Å². The van der Waals surface area contributed by atoms with Crippen molar-refractivity contribution in [2.45, 2.75) is 33.6 Å². The summed E-state index contributed by atoms with van der Waals surface area (Å²) < 4.78 is 5.31. The Bertz CT molecular complexity index is 423. The highest BCUT2D eigenvalue weighted by atomic mass is 16.3. The molecule has 0 aliphatic carbocycles. The van der Waals surface area contributed by atoms with E-state index in [4.69, 9.17) is 4.42 Å². The van der Waals surface area contributed by atoms with Gasteiger partial charge in [-0.15, -0.1) is 0 Å². The summed E-state index contributed by atoms with van der Waals surface area (Å²) in [5, 5.41) is 1.12. The number of rotatable bonds is 0. The fourth-order valence-electron chi connectivity index (χ4n) is 1.49. The van der Waals surface area contributed by atoms with Crippen LogP contribution in [0.25, 0.3) is 11.0 Å². The van der Waals surface area contributed by atoms with Gasteiger partial charge in [0.25, 0.3) is 0 Å². The molecule has 0 saturated carbocycles. The molecule has 0 unspecified atom stereocenters. The van der Waals surface area contributed by atoms with Crippen LogP contribution in [0.4, 0.5) is 0 Å². The van der Waals surface area contributed by atoms with Crippen LogP contribution in [0.15, 0.2) is 29.0 Å². The van der Waals surface area contributed by atoms with Gasteiger partial charge in [0.1, 0.15) is 5.58 Å². The highest BCUT2D eigenvalue weighted by molar-refractivity contribution is 5.80. The second kappa shape index (κ2) is 3.45. The molecule has 0 spiro atoms. The fourth-order valence-corrected chi connectivity index (χ4v) is 1.49. The lowest BCUT2D eigenvalue weighted by molar-refractivity contribution is 0.573. The Labute approximate surface area is 85.0 Å². The van der Waals surface area contributed by atoms with E-state index in [1.807, 2.05) is 12.1 Å². The number of fused-ring (bicyclic) bond motifs is 1. The molecule has 2 aromatic rings. The van der Waals surface area contributed by atoms with Crippen molar-refractivity contribution in [2.75, 3.05) is 0 Å². The smallest absolute Gasteiger partial charge is 0.137 e. The van der Waals surface area contributed by atoms with Gasteiger partial charge in [-0.1, -0.05) is 28.2 Å². The third-order valence-electron chi connectivity index (χ3n) is 2.09. The molecule has 0 fully saturated rings. The zero-order chi connectivity index (χ0) is 9.47. The van der Waals surface area contributed by atoms with Crippen molar-refractivity contribution >= 4 is 11.0 Å². The van der Waals surface area contributed by atoms with Crippen LogP contribution in [0.3, 0.4) is 0 Å². The quantitative estimate of drug-likeness (QED) is 0.633. The van der Waals surface area contributed by atoms with Gasteiger partial charge < -0.3 is 4.42 Å². The Balaban J connectivity index is 0.000000980. The number of furan rings is 1. The molecule has 0 N–H and O–H groups in total. The summed E-state index contributed by atoms with van der Waals surface area (Å²) in [6.45, 7) is 6.46. The van der Waals surface area contributed by atoms with Crippen molar-refractivity contribution in [2.24, 2.45) is 0 Å². The first kappa shape index (κ1) is 10.8. The number of hydrogen-bond donors (Lipinski definition) is 0. The number of nitrogens with zero attached hydrogens (tertiary/aromatic N) is 1. The van der Waals surface area contributed by atoms with Gasteiger partial charge in [-0.3, -0.25) is 4.98 Å². The van der Waals surface area contributed by atoms with Crippen LogP contribution in [-0.2, 0) is 5.41 Å². The molecule has 2 nitrogen and oxygen atoms in total. The lowest BCUT2D eigenvalue weighted by atomic mass is 9.90. The molecule has 0 amide bonds. The molecule has 0 saturated heterocycles. The van der Waals surface area contributed by atoms with Crippen molar-refractivity contribution < 1.29 is 4.42 Å². The van der Waals surface area contributed by atoms with Crippen LogP contribution in [0, 0.1) is 0 Å². The molecule has 0 bridgehead atoms. The van der Waals surface area contributed by atoms with Gasteiger partial charge >= 0.3 is 0 Å². The molecule has 2 rings (SSSR count). The molecule has 0 aromatic carbocycles. The van der Waals surface area contributed by atoms with Crippen molar-refractivity contribution in [3.63, 3.8) is 0 Å². The molecule has 2 aromatic heterocycles. The third kappa shape index (κ3) is 1.65. The number of pyridine rings is 1. The molecule has 2 heteroatoms. The van der Waals surface area contributed by atoms with E-state index < -0.39 is 0 Å². The first-order valence-electron chi connectivity index (χ1n) is 4.42. The van der Waals surface area contributed by atoms with E-state index in [0.717, 1.165) is 16.7 Å². The zero-order valence-corrected chi connectivity index (χ0v) is 8.16. The molecule has 14 heavy (non-hydrogen) atoms. The largest absolute Gasteiger partial charge is 0.464 e. The van der Waals surface area contributed by atoms with Gasteiger partial charge in [-0.05, 0) is 12.1 Å². The lowest BCUT2D eigenvalue weighted by Gasteiger charge is -2.17. The Kier molecular flexibility index (Phi) is 2.65. The summed E-state index contributed by atoms with van der Waals surface area (Å²) in [5.74, 6) is 0. The Hall–Kier alpha value is -1.31. The van der Waals surface area contributed by atoms with Crippen molar-refractivity contribution in [1.82, 2.24) is 4.98 Å². The summed E-state index contributed by atoms with van der Waals surface area (Å²) in [6, 6.07) is 3.87. The van der Waals surface area contributed by atoms with Crippen LogP contribution >= 0.6 is 0 Å². The Morgan fingerprint density at radius 2 is 1.93 bits per heavy atom. The molecular formula is C12H17NO. The molecule has 0 radical (unpaired) electrons. The minimum atomic E-state index is 0. The van der Waals surface area contributed by atoms with Gasteiger partial charge in [-0.25, -0.2) is 0 Å². The maximum absolute atomic E-state index is 5.31. The summed E-state index contributed by atoms with van der Waals surface area (Å²) in [4.78, 5) is 4.39. The predicted octanol–water partition coefficient (Wildman–Crippen LogP) is 3.76. The third-order valence-corrected chi connectivity index (χ3v) is 2.09. The minimum Gasteiger partial charge on any atom is -0.464 e. The van der Waals surface area contributed by atoms with Crippen LogP contribution in [0.1, 0.15) is 33.9 Å². The van der Waals surface area contributed by atoms with E-state index in [2.05, 4.69) is 25.8 Å². The van der Waals surface area contributed by atoms with Gasteiger partial charge in [0, 0.05) is 17.0 Å². The van der Waals surface area contributed by atoms with Crippen molar-refractivity contribution in [3.05, 3.63) is 30.3 Å². The second-order valence-corrected chi connectivity index (χ2v) is 4.24. The topological polar surface area (TPSA) is 26.0 Å². The van der Waals surface area contributed by atoms with Crippen LogP contribution in [0.5, 0.6) is 0 Å². The molecular weight excluding hydrogens is 174 g/mol. The molecule has 2 heterocycles. The maximum atomic E-state index is 5.31. The summed E-state index contributed by atoms with van der Waals surface area (Å²) in [6.07, 6.45) is 3.51. The van der Waals surface area contributed by atoms with Crippen molar-refractivity contribution in [3.8, 4) is 0 Å². The first-order valence-corrected chi connectivity index (χ1v) is 4.42. The fraction of sp³-hybridized carbons (Fsp3) is 0.417. The summed E-state index contributed by atoms with van der Waals surface area (Å²) in [7, 11) is 0. The SMILES string of the molecule is C.CC(C)(C)c1nccc2occc12. The molecule has 76 valence electrons. The van der Waals surface area contributed by atoms with Gasteiger partial charge in [0.2, 0.25) is 0 Å². The minimum absolute atomic E-state index is 0. The first-order chi connectivity index (χ1) is 6.09. The monoisotopic (exact) mass is 191 g/mol. The maximum Gasteiger partial charge on any atom is 0.137 e. The van der Waals surface area contributed by atoms with Crippen molar-refractivity contribution in [1.29, 1.82) is 0 Å². The van der Waals surface area contributed by atoms with Crippen LogP contribution in [0.2, 0.25) is 0 Å². The van der Waals surface area contributed by atoms with Gasteiger partial charge in [0.15, 0.2) is 0 Å². The van der Waals surface area contributed by atoms with E-state index in [9.17, 15) is 0 Å². The highest BCUT2D eigenvalue weighted by Gasteiger charge is 2.18. The normalized spacial score (nSPS) is 11.4. The Morgan fingerprint density at radius 3 is 2.57 bits per heavy atom. The molecule has 0 aliphatic rings. The highest BCUT2D eigenvalue weighted by Crippen LogP contribution is 2.28. The van der Waals surface area contributed by atoms with E-state index in [-0.39, 0.29) is 12.8 Å². The molecule has 0 aliphatic heterocycles. The number of hydrogen-bond acceptors (Lipinski definition) is 2. The standard InChI is InChI=1S/C11H13NO.CH4/c1-11(2,3)10-8-5-7-13-9(8)4-6-12-10;/h4-7H,1-3H3;1H4. The van der Waals surface area contributed by atoms with E-state index in [0.29, 0.717) is 0 Å². The second-order valence-electron chi connectivity index (χ2n) is 4.24. The number of aromatic nitrogens is 1. The molecule has 0 atom stereocenters. The lowest BCUT2D eigenvalue weighted by Crippen LogP contribution is -2.13. The zero-order valence-electron chi connectivity index (χ0n) is 8.16. The average molecular weight is 191 g/mol. The van der Waals surface area contributed by atoms with Gasteiger partial charge in [0.05, 0.1) is 12.0 Å². The average Bonchev–Trinajstić information content (AvgIpc) is 2.48. The van der Waals surface area contributed by atoms with Gasteiger partial charge in [-0.2, -0.15) is 0 Å². The van der Waals surface area contributed by atoms with E-state index >= 15 is 0 Å². The van der Waals surface area contributed by atoms with E-state index in [1.54, 1.807) is 12.5 Å². The van der Waals surface area contributed by atoms with Crippen LogP contribution in [-0.4, -0.2) is 4.98 Å². The van der Waals surface area contributed by atoms with E-state index in [1.165, 1.54) is 0 Å². The summed E-state index contributed by atoms with van der Waals surface area (Å²) >= 11 is 0.